The highest BCUT2D eigenvalue weighted by Gasteiger charge is 2.10. The van der Waals surface area contributed by atoms with Crippen molar-refractivity contribution >= 4 is 11.9 Å². The van der Waals surface area contributed by atoms with Crippen LogP contribution in [0.5, 0.6) is 0 Å². The molecule has 0 aliphatic rings. The first-order valence-electron chi connectivity index (χ1n) is 7.65. The van der Waals surface area contributed by atoms with Crippen molar-refractivity contribution < 1.29 is 23.8 Å². The molecule has 0 saturated heterocycles. The Labute approximate surface area is 136 Å². The van der Waals surface area contributed by atoms with Gasteiger partial charge in [0, 0.05) is 6.92 Å². The molecule has 0 saturated carbocycles. The highest BCUT2D eigenvalue weighted by molar-refractivity contribution is 5.89. The van der Waals surface area contributed by atoms with Crippen LogP contribution in [0.1, 0.15) is 43.5 Å². The van der Waals surface area contributed by atoms with Crippen molar-refractivity contribution in [3.05, 3.63) is 35.9 Å². The predicted molar refractivity (Wildman–Crippen MR) is 85.5 cm³/mol. The molecule has 1 atom stereocenters. The smallest absolute Gasteiger partial charge is 0.338 e. The third kappa shape index (κ3) is 8.52. The molecule has 0 aliphatic heterocycles. The second-order valence-corrected chi connectivity index (χ2v) is 4.78. The standard InChI is InChI=1S/C18H22O5/c1-3-21-14-12-17(23-15(2)19)11-7-8-13-22-18(20)16-9-5-4-6-10-16/h4-6,9-10,17H,3,7-8,11,13H2,1-2H3. The van der Waals surface area contributed by atoms with E-state index in [0.717, 1.165) is 6.42 Å². The molecule has 5 nitrogen and oxygen atoms in total. The van der Waals surface area contributed by atoms with Crippen LogP contribution in [0.25, 0.3) is 0 Å². The fourth-order valence-electron chi connectivity index (χ4n) is 1.79. The van der Waals surface area contributed by atoms with Gasteiger partial charge >= 0.3 is 11.9 Å². The molecule has 23 heavy (non-hydrogen) atoms. The Balaban J connectivity index is 2.27. The third-order valence-corrected chi connectivity index (χ3v) is 2.85. The largest absolute Gasteiger partial charge is 0.462 e. The molecular weight excluding hydrogens is 296 g/mol. The number of carbonyl (C=O) groups is 2. The number of benzene rings is 1. The van der Waals surface area contributed by atoms with Gasteiger partial charge in [-0.25, -0.2) is 4.79 Å². The summed E-state index contributed by atoms with van der Waals surface area (Å²) in [5.74, 6) is 2.04. The Morgan fingerprint density at radius 2 is 1.91 bits per heavy atom. The SMILES string of the molecule is CCOC#CC(CCCCOC(=O)c1ccccc1)OC(C)=O. The van der Waals surface area contributed by atoms with Crippen LogP contribution in [0.2, 0.25) is 0 Å². The maximum absolute atomic E-state index is 11.7. The number of carbonyl (C=O) groups excluding carboxylic acids is 2. The second kappa shape index (κ2) is 11.1. The molecule has 124 valence electrons. The zero-order valence-electron chi connectivity index (χ0n) is 13.5. The van der Waals surface area contributed by atoms with Gasteiger partial charge in [-0.15, -0.1) is 0 Å². The van der Waals surface area contributed by atoms with E-state index in [-0.39, 0.29) is 11.9 Å². The average Bonchev–Trinajstić information content (AvgIpc) is 2.54. The van der Waals surface area contributed by atoms with Gasteiger partial charge in [0.05, 0.1) is 18.8 Å². The molecule has 0 N–H and O–H groups in total. The van der Waals surface area contributed by atoms with Crippen LogP contribution < -0.4 is 0 Å². The average molecular weight is 318 g/mol. The van der Waals surface area contributed by atoms with Gasteiger partial charge in [0.15, 0.2) is 6.10 Å². The minimum atomic E-state index is -0.496. The van der Waals surface area contributed by atoms with Gasteiger partial charge in [-0.1, -0.05) is 18.2 Å². The van der Waals surface area contributed by atoms with Crippen molar-refractivity contribution in [1.29, 1.82) is 0 Å². The van der Waals surface area contributed by atoms with E-state index >= 15 is 0 Å². The summed E-state index contributed by atoms with van der Waals surface area (Å²) < 4.78 is 15.2. The number of hydrogen-bond acceptors (Lipinski definition) is 5. The lowest BCUT2D eigenvalue weighted by Gasteiger charge is -2.10. The van der Waals surface area contributed by atoms with Gasteiger partial charge in [-0.2, -0.15) is 0 Å². The number of unbranched alkanes of at least 4 members (excludes halogenated alkanes) is 1. The molecule has 0 radical (unpaired) electrons. The van der Waals surface area contributed by atoms with E-state index in [1.165, 1.54) is 6.92 Å². The van der Waals surface area contributed by atoms with E-state index in [9.17, 15) is 9.59 Å². The number of esters is 2. The van der Waals surface area contributed by atoms with E-state index < -0.39 is 6.10 Å². The summed E-state index contributed by atoms with van der Waals surface area (Å²) in [5, 5.41) is 0. The molecule has 1 aromatic rings. The van der Waals surface area contributed by atoms with Gasteiger partial charge in [0.25, 0.3) is 0 Å². The van der Waals surface area contributed by atoms with Crippen LogP contribution in [-0.2, 0) is 19.0 Å². The van der Waals surface area contributed by atoms with Crippen molar-refractivity contribution in [2.75, 3.05) is 13.2 Å². The van der Waals surface area contributed by atoms with Crippen molar-refractivity contribution in [2.24, 2.45) is 0 Å². The Morgan fingerprint density at radius 3 is 2.57 bits per heavy atom. The Bertz CT molecular complexity index is 542. The Morgan fingerprint density at radius 1 is 1.17 bits per heavy atom. The first kappa shape index (κ1) is 18.6. The minimum Gasteiger partial charge on any atom is -0.462 e. The van der Waals surface area contributed by atoms with Crippen LogP contribution in [0.15, 0.2) is 30.3 Å². The fraction of sp³-hybridized carbons (Fsp3) is 0.444. The Kier molecular flexibility index (Phi) is 8.99. The summed E-state index contributed by atoms with van der Waals surface area (Å²) in [7, 11) is 0. The zero-order valence-corrected chi connectivity index (χ0v) is 13.5. The molecule has 5 heteroatoms. The summed E-state index contributed by atoms with van der Waals surface area (Å²) >= 11 is 0. The lowest BCUT2D eigenvalue weighted by atomic mass is 10.1. The van der Waals surface area contributed by atoms with Crippen molar-refractivity contribution in [3.63, 3.8) is 0 Å². The maximum atomic E-state index is 11.7. The lowest BCUT2D eigenvalue weighted by molar-refractivity contribution is -0.144. The van der Waals surface area contributed by atoms with Crippen molar-refractivity contribution in [1.82, 2.24) is 0 Å². The van der Waals surface area contributed by atoms with Crippen LogP contribution >= 0.6 is 0 Å². The molecule has 0 amide bonds. The van der Waals surface area contributed by atoms with Crippen molar-refractivity contribution in [3.8, 4) is 12.0 Å². The molecule has 0 aliphatic carbocycles. The molecule has 0 aromatic heterocycles. The van der Waals surface area contributed by atoms with E-state index in [1.807, 2.05) is 13.0 Å². The summed E-state index contributed by atoms with van der Waals surface area (Å²) in [4.78, 5) is 22.8. The third-order valence-electron chi connectivity index (χ3n) is 2.85. The van der Waals surface area contributed by atoms with Crippen LogP contribution in [0.4, 0.5) is 0 Å². The first-order valence-corrected chi connectivity index (χ1v) is 7.65. The van der Waals surface area contributed by atoms with Gasteiger partial charge in [0.2, 0.25) is 0 Å². The van der Waals surface area contributed by atoms with Crippen LogP contribution in [0.3, 0.4) is 0 Å². The van der Waals surface area contributed by atoms with Gasteiger partial charge < -0.3 is 14.2 Å². The van der Waals surface area contributed by atoms with E-state index in [1.54, 1.807) is 24.3 Å². The quantitative estimate of drug-likeness (QED) is 0.419. The summed E-state index contributed by atoms with van der Waals surface area (Å²) in [6.45, 7) is 3.97. The minimum absolute atomic E-state index is 0.319. The zero-order chi connectivity index (χ0) is 16.9. The molecule has 0 fully saturated rings. The number of rotatable bonds is 8. The van der Waals surface area contributed by atoms with E-state index in [2.05, 4.69) is 12.0 Å². The summed E-state index contributed by atoms with van der Waals surface area (Å²) in [6, 6.07) is 8.84. The summed E-state index contributed by atoms with van der Waals surface area (Å²) in [5.41, 5.74) is 0.535. The van der Waals surface area contributed by atoms with Crippen molar-refractivity contribution in [2.45, 2.75) is 39.2 Å². The normalized spacial score (nSPS) is 10.9. The summed E-state index contributed by atoms with van der Waals surface area (Å²) in [6.07, 6.45) is 3.98. The Hall–Kier alpha value is -2.48. The molecule has 0 spiro atoms. The number of hydrogen-bond donors (Lipinski definition) is 0. The molecule has 1 unspecified atom stereocenters. The molecule has 0 heterocycles. The maximum Gasteiger partial charge on any atom is 0.338 e. The molecule has 0 bridgehead atoms. The van der Waals surface area contributed by atoms with E-state index in [0.29, 0.717) is 31.6 Å². The van der Waals surface area contributed by atoms with Gasteiger partial charge in [0.1, 0.15) is 6.11 Å². The highest BCUT2D eigenvalue weighted by atomic mass is 16.5. The monoisotopic (exact) mass is 318 g/mol. The molecule has 1 aromatic carbocycles. The lowest BCUT2D eigenvalue weighted by Crippen LogP contribution is -2.15. The second-order valence-electron chi connectivity index (χ2n) is 4.78. The first-order chi connectivity index (χ1) is 11.1. The predicted octanol–water partition coefficient (Wildman–Crippen LogP) is 2.94. The number of ether oxygens (including phenoxy) is 3. The fourth-order valence-corrected chi connectivity index (χ4v) is 1.79. The molecular formula is C18H22O5. The van der Waals surface area contributed by atoms with Crippen LogP contribution in [0, 0.1) is 12.0 Å². The topological polar surface area (TPSA) is 61.8 Å². The van der Waals surface area contributed by atoms with Crippen LogP contribution in [-0.4, -0.2) is 31.3 Å². The molecule has 1 rings (SSSR count). The highest BCUT2D eigenvalue weighted by Crippen LogP contribution is 2.07. The van der Waals surface area contributed by atoms with Gasteiger partial charge in [-0.05, 0) is 44.2 Å². The van der Waals surface area contributed by atoms with E-state index in [4.69, 9.17) is 14.2 Å². The van der Waals surface area contributed by atoms with Gasteiger partial charge in [-0.3, -0.25) is 4.79 Å².